The minimum atomic E-state index is -0.109. The maximum atomic E-state index is 12.3. The normalized spacial score (nSPS) is 10.3. The van der Waals surface area contributed by atoms with E-state index >= 15 is 0 Å². The van der Waals surface area contributed by atoms with Crippen molar-refractivity contribution in [3.8, 4) is 0 Å². The van der Waals surface area contributed by atoms with Crippen LogP contribution in [0.5, 0.6) is 0 Å². The highest BCUT2D eigenvalue weighted by Gasteiger charge is 2.16. The molecule has 5 heteroatoms. The maximum absolute atomic E-state index is 12.3. The van der Waals surface area contributed by atoms with Crippen molar-refractivity contribution < 1.29 is 9.59 Å². The first kappa shape index (κ1) is 18.2. The number of rotatable bonds is 5. The fourth-order valence-corrected chi connectivity index (χ4v) is 2.93. The van der Waals surface area contributed by atoms with Crippen molar-refractivity contribution in [1.82, 2.24) is 0 Å². The average molecular weight is 389 g/mol. The second-order valence-electron chi connectivity index (χ2n) is 5.67. The van der Waals surface area contributed by atoms with Crippen molar-refractivity contribution in [3.05, 3.63) is 58.1 Å². The van der Waals surface area contributed by atoms with E-state index in [1.165, 1.54) is 6.92 Å². The lowest BCUT2D eigenvalue weighted by Gasteiger charge is -2.22. The molecule has 0 aliphatic carbocycles. The summed E-state index contributed by atoms with van der Waals surface area (Å²) in [6.45, 7) is 5.82. The van der Waals surface area contributed by atoms with Crippen LogP contribution >= 0.6 is 15.9 Å². The molecule has 126 valence electrons. The van der Waals surface area contributed by atoms with Gasteiger partial charge >= 0.3 is 0 Å². The molecular formula is C19H21BrN2O2. The zero-order valence-corrected chi connectivity index (χ0v) is 15.7. The van der Waals surface area contributed by atoms with Crippen LogP contribution in [0.15, 0.2) is 46.9 Å². The highest BCUT2D eigenvalue weighted by molar-refractivity contribution is 9.10. The number of carbonyl (C=O) groups excluding carboxylic acids is 2. The monoisotopic (exact) mass is 388 g/mol. The molecule has 0 bridgehead atoms. The number of anilines is 2. The molecule has 0 spiro atoms. The molecule has 0 atom stereocenters. The molecule has 2 aromatic rings. The molecule has 4 nitrogen and oxygen atoms in total. The number of para-hydroxylation sites is 1. The molecule has 0 aliphatic rings. The summed E-state index contributed by atoms with van der Waals surface area (Å²) in [4.78, 5) is 25.8. The molecule has 0 heterocycles. The Bertz CT molecular complexity index is 759. The van der Waals surface area contributed by atoms with Gasteiger partial charge in [-0.25, -0.2) is 0 Å². The van der Waals surface area contributed by atoms with Crippen LogP contribution in [0.4, 0.5) is 11.4 Å². The van der Waals surface area contributed by atoms with Crippen LogP contribution < -0.4 is 10.2 Å². The largest absolute Gasteiger partial charge is 0.326 e. The lowest BCUT2D eigenvalue weighted by molar-refractivity contribution is -0.117. The van der Waals surface area contributed by atoms with Gasteiger partial charge in [0.1, 0.15) is 0 Å². The van der Waals surface area contributed by atoms with Gasteiger partial charge in [0.2, 0.25) is 11.8 Å². The van der Waals surface area contributed by atoms with Gasteiger partial charge in [-0.05, 0) is 59.1 Å². The molecule has 0 radical (unpaired) electrons. The summed E-state index contributed by atoms with van der Waals surface area (Å²) in [7, 11) is 0. The SMILES string of the molecule is CC(=O)N(CCC(=O)Nc1cccc(C)c1C)c1ccccc1Br. The first-order valence-electron chi connectivity index (χ1n) is 7.79. The Hall–Kier alpha value is -2.14. The van der Waals surface area contributed by atoms with Crippen molar-refractivity contribution in [1.29, 1.82) is 0 Å². The quantitative estimate of drug-likeness (QED) is 0.822. The number of nitrogens with one attached hydrogen (secondary N) is 1. The van der Waals surface area contributed by atoms with Crippen LogP contribution in [0.2, 0.25) is 0 Å². The van der Waals surface area contributed by atoms with Crippen molar-refractivity contribution in [3.63, 3.8) is 0 Å². The summed E-state index contributed by atoms with van der Waals surface area (Å²) in [6, 6.07) is 13.3. The Morgan fingerprint density at radius 1 is 1.08 bits per heavy atom. The van der Waals surface area contributed by atoms with E-state index in [0.717, 1.165) is 27.0 Å². The molecule has 0 aliphatic heterocycles. The number of amides is 2. The molecule has 2 rings (SSSR count). The Kier molecular flexibility index (Phi) is 6.15. The van der Waals surface area contributed by atoms with E-state index in [2.05, 4.69) is 21.2 Å². The smallest absolute Gasteiger partial charge is 0.226 e. The fourth-order valence-electron chi connectivity index (χ4n) is 2.43. The van der Waals surface area contributed by atoms with Crippen LogP contribution in [-0.2, 0) is 9.59 Å². The van der Waals surface area contributed by atoms with E-state index in [1.807, 2.05) is 56.3 Å². The number of nitrogens with zero attached hydrogens (tertiary/aromatic N) is 1. The van der Waals surface area contributed by atoms with Gasteiger partial charge in [0.05, 0.1) is 5.69 Å². The molecule has 24 heavy (non-hydrogen) atoms. The summed E-state index contributed by atoms with van der Waals surface area (Å²) < 4.78 is 0.829. The number of carbonyl (C=O) groups is 2. The fraction of sp³-hybridized carbons (Fsp3) is 0.263. The van der Waals surface area contributed by atoms with Gasteiger partial charge in [-0.3, -0.25) is 9.59 Å². The van der Waals surface area contributed by atoms with Gasteiger partial charge in [0, 0.05) is 30.0 Å². The standard InChI is InChI=1S/C19H21BrN2O2/c1-13-7-6-9-17(14(13)2)21-19(24)11-12-22(15(3)23)18-10-5-4-8-16(18)20/h4-10H,11-12H2,1-3H3,(H,21,24). The number of aryl methyl sites for hydroxylation is 1. The summed E-state index contributed by atoms with van der Waals surface area (Å²) in [6.07, 6.45) is 0.230. The number of halogens is 1. The van der Waals surface area contributed by atoms with Gasteiger partial charge in [0.15, 0.2) is 0 Å². The van der Waals surface area contributed by atoms with E-state index in [4.69, 9.17) is 0 Å². The molecule has 0 fully saturated rings. The third kappa shape index (κ3) is 4.45. The van der Waals surface area contributed by atoms with E-state index < -0.39 is 0 Å². The Morgan fingerprint density at radius 2 is 1.79 bits per heavy atom. The number of hydrogen-bond acceptors (Lipinski definition) is 2. The van der Waals surface area contributed by atoms with Crippen LogP contribution in [-0.4, -0.2) is 18.4 Å². The van der Waals surface area contributed by atoms with Crippen LogP contribution in [0.1, 0.15) is 24.5 Å². The summed E-state index contributed by atoms with van der Waals surface area (Å²) in [5.74, 6) is -0.205. The third-order valence-corrected chi connectivity index (χ3v) is 4.64. The molecule has 2 aromatic carbocycles. The maximum Gasteiger partial charge on any atom is 0.226 e. The van der Waals surface area contributed by atoms with E-state index in [-0.39, 0.29) is 18.2 Å². The van der Waals surface area contributed by atoms with Gasteiger partial charge in [0.25, 0.3) is 0 Å². The Morgan fingerprint density at radius 3 is 2.46 bits per heavy atom. The third-order valence-electron chi connectivity index (χ3n) is 3.96. The van der Waals surface area contributed by atoms with Crippen LogP contribution in [0.3, 0.4) is 0 Å². The van der Waals surface area contributed by atoms with Gasteiger partial charge < -0.3 is 10.2 Å². The Labute approximate surface area is 151 Å². The molecule has 0 saturated carbocycles. The first-order valence-corrected chi connectivity index (χ1v) is 8.58. The lowest BCUT2D eigenvalue weighted by atomic mass is 10.1. The molecular weight excluding hydrogens is 368 g/mol. The summed E-state index contributed by atoms with van der Waals surface area (Å²) in [5.41, 5.74) is 3.77. The minimum absolute atomic E-state index is 0.0959. The van der Waals surface area contributed by atoms with E-state index in [0.29, 0.717) is 6.54 Å². The molecule has 1 N–H and O–H groups in total. The summed E-state index contributed by atoms with van der Waals surface area (Å²) >= 11 is 3.45. The second-order valence-corrected chi connectivity index (χ2v) is 6.52. The number of hydrogen-bond donors (Lipinski definition) is 1. The average Bonchev–Trinajstić information content (AvgIpc) is 2.53. The van der Waals surface area contributed by atoms with Crippen LogP contribution in [0, 0.1) is 13.8 Å². The van der Waals surface area contributed by atoms with Crippen molar-refractivity contribution in [2.45, 2.75) is 27.2 Å². The van der Waals surface area contributed by atoms with Gasteiger partial charge in [-0.1, -0.05) is 24.3 Å². The lowest BCUT2D eigenvalue weighted by Crippen LogP contribution is -2.32. The van der Waals surface area contributed by atoms with Gasteiger partial charge in [-0.2, -0.15) is 0 Å². The molecule has 2 amide bonds. The van der Waals surface area contributed by atoms with Gasteiger partial charge in [-0.15, -0.1) is 0 Å². The highest BCUT2D eigenvalue weighted by Crippen LogP contribution is 2.26. The zero-order valence-electron chi connectivity index (χ0n) is 14.1. The molecule has 0 unspecified atom stereocenters. The van der Waals surface area contributed by atoms with Crippen molar-refractivity contribution in [2.75, 3.05) is 16.8 Å². The van der Waals surface area contributed by atoms with Crippen molar-refractivity contribution >= 4 is 39.1 Å². The Balaban J connectivity index is 2.05. The number of benzene rings is 2. The van der Waals surface area contributed by atoms with E-state index in [1.54, 1.807) is 4.90 Å². The molecule has 0 aromatic heterocycles. The predicted octanol–water partition coefficient (Wildman–Crippen LogP) is 4.45. The minimum Gasteiger partial charge on any atom is -0.326 e. The zero-order chi connectivity index (χ0) is 17.7. The highest BCUT2D eigenvalue weighted by atomic mass is 79.9. The second kappa shape index (κ2) is 8.11. The van der Waals surface area contributed by atoms with Crippen LogP contribution in [0.25, 0.3) is 0 Å². The molecule has 0 saturated heterocycles. The topological polar surface area (TPSA) is 49.4 Å². The van der Waals surface area contributed by atoms with Crippen molar-refractivity contribution in [2.24, 2.45) is 0 Å². The predicted molar refractivity (Wildman–Crippen MR) is 101 cm³/mol. The first-order chi connectivity index (χ1) is 11.4. The summed E-state index contributed by atoms with van der Waals surface area (Å²) in [5, 5.41) is 2.92. The van der Waals surface area contributed by atoms with E-state index in [9.17, 15) is 9.59 Å².